The van der Waals surface area contributed by atoms with Gasteiger partial charge < -0.3 is 5.11 Å². The predicted molar refractivity (Wildman–Crippen MR) is 59.8 cm³/mol. The number of Topliss-reactive ketones (excluding diaryl/α,β-unsaturated/α-hetero) is 1. The SMILES string of the molecule is CCCCCCCC(=O)C(C)(C)C(=O)O. The Morgan fingerprint density at radius 3 is 2.07 bits per heavy atom. The van der Waals surface area contributed by atoms with Crippen molar-refractivity contribution in [2.75, 3.05) is 0 Å². The normalized spacial score (nSPS) is 11.4. The third-order valence-corrected chi connectivity index (χ3v) is 2.74. The molecule has 88 valence electrons. The summed E-state index contributed by atoms with van der Waals surface area (Å²) in [6, 6.07) is 0. The van der Waals surface area contributed by atoms with Gasteiger partial charge in [-0.25, -0.2) is 0 Å². The maximum Gasteiger partial charge on any atom is 0.316 e. The molecule has 0 fully saturated rings. The minimum absolute atomic E-state index is 0.161. The second kappa shape index (κ2) is 6.59. The summed E-state index contributed by atoms with van der Waals surface area (Å²) in [6.45, 7) is 5.09. The van der Waals surface area contributed by atoms with Gasteiger partial charge in [-0.3, -0.25) is 9.59 Å². The van der Waals surface area contributed by atoms with Crippen LogP contribution in [-0.4, -0.2) is 16.9 Å². The lowest BCUT2D eigenvalue weighted by atomic mass is 9.85. The molecule has 0 bridgehead atoms. The summed E-state index contributed by atoms with van der Waals surface area (Å²) >= 11 is 0. The lowest BCUT2D eigenvalue weighted by Crippen LogP contribution is -2.33. The molecule has 0 aromatic carbocycles. The fourth-order valence-electron chi connectivity index (χ4n) is 1.32. The fourth-order valence-corrected chi connectivity index (χ4v) is 1.32. The van der Waals surface area contributed by atoms with Crippen molar-refractivity contribution in [3.63, 3.8) is 0 Å². The third-order valence-electron chi connectivity index (χ3n) is 2.74. The van der Waals surface area contributed by atoms with E-state index in [1.54, 1.807) is 0 Å². The van der Waals surface area contributed by atoms with E-state index in [0.717, 1.165) is 19.3 Å². The highest BCUT2D eigenvalue weighted by Crippen LogP contribution is 2.20. The molecule has 0 aliphatic carbocycles. The van der Waals surface area contributed by atoms with E-state index in [4.69, 9.17) is 5.11 Å². The average Bonchev–Trinajstić information content (AvgIpc) is 2.16. The standard InChI is InChI=1S/C12H22O3/c1-4-5-6-7-8-9-10(13)12(2,3)11(14)15/h4-9H2,1-3H3,(H,14,15). The molecule has 0 saturated carbocycles. The van der Waals surface area contributed by atoms with Crippen LogP contribution in [-0.2, 0) is 9.59 Å². The van der Waals surface area contributed by atoms with Gasteiger partial charge in [0, 0.05) is 6.42 Å². The Hall–Kier alpha value is -0.860. The number of aliphatic carboxylic acids is 1. The van der Waals surface area contributed by atoms with Crippen molar-refractivity contribution in [1.82, 2.24) is 0 Å². The molecule has 3 heteroatoms. The first-order valence-corrected chi connectivity index (χ1v) is 5.69. The molecular weight excluding hydrogens is 192 g/mol. The molecule has 1 N–H and O–H groups in total. The number of carboxylic acid groups (broad SMARTS) is 1. The summed E-state index contributed by atoms with van der Waals surface area (Å²) in [7, 11) is 0. The number of carbonyl (C=O) groups is 2. The zero-order valence-electron chi connectivity index (χ0n) is 10.0. The van der Waals surface area contributed by atoms with E-state index in [-0.39, 0.29) is 5.78 Å². The summed E-state index contributed by atoms with van der Waals surface area (Å²) in [5.41, 5.74) is -1.22. The van der Waals surface area contributed by atoms with E-state index >= 15 is 0 Å². The topological polar surface area (TPSA) is 54.4 Å². The molecule has 0 radical (unpaired) electrons. The van der Waals surface area contributed by atoms with Crippen LogP contribution in [0.15, 0.2) is 0 Å². The molecule has 0 atom stereocenters. The van der Waals surface area contributed by atoms with Gasteiger partial charge in [-0.15, -0.1) is 0 Å². The average molecular weight is 214 g/mol. The molecule has 3 nitrogen and oxygen atoms in total. The van der Waals surface area contributed by atoms with E-state index in [9.17, 15) is 9.59 Å². The zero-order chi connectivity index (χ0) is 11.9. The zero-order valence-corrected chi connectivity index (χ0v) is 10.0. The number of hydrogen-bond acceptors (Lipinski definition) is 2. The van der Waals surface area contributed by atoms with E-state index in [1.807, 2.05) is 0 Å². The van der Waals surface area contributed by atoms with Crippen molar-refractivity contribution in [2.24, 2.45) is 5.41 Å². The monoisotopic (exact) mass is 214 g/mol. The summed E-state index contributed by atoms with van der Waals surface area (Å²) in [4.78, 5) is 22.3. The van der Waals surface area contributed by atoms with Gasteiger partial charge in [0.25, 0.3) is 0 Å². The summed E-state index contributed by atoms with van der Waals surface area (Å²) in [6.07, 6.45) is 5.73. The fraction of sp³-hybridized carbons (Fsp3) is 0.833. The molecule has 0 spiro atoms. The summed E-state index contributed by atoms with van der Waals surface area (Å²) < 4.78 is 0. The Balaban J connectivity index is 3.79. The molecule has 0 aromatic heterocycles. The first kappa shape index (κ1) is 14.1. The Morgan fingerprint density at radius 1 is 1.07 bits per heavy atom. The molecule has 15 heavy (non-hydrogen) atoms. The number of unbranched alkanes of at least 4 members (excludes halogenated alkanes) is 4. The molecule has 0 unspecified atom stereocenters. The molecule has 0 aromatic rings. The highest BCUT2D eigenvalue weighted by molar-refractivity contribution is 6.02. The van der Waals surface area contributed by atoms with Crippen LogP contribution in [0.5, 0.6) is 0 Å². The maximum atomic E-state index is 11.6. The Morgan fingerprint density at radius 2 is 1.60 bits per heavy atom. The molecule has 0 heterocycles. The predicted octanol–water partition coefficient (Wildman–Crippen LogP) is 3.03. The second-order valence-corrected chi connectivity index (χ2v) is 4.52. The van der Waals surface area contributed by atoms with Gasteiger partial charge in [0.05, 0.1) is 0 Å². The highest BCUT2D eigenvalue weighted by Gasteiger charge is 2.34. The van der Waals surface area contributed by atoms with Gasteiger partial charge in [-0.1, -0.05) is 32.6 Å². The van der Waals surface area contributed by atoms with Crippen LogP contribution in [0.25, 0.3) is 0 Å². The van der Waals surface area contributed by atoms with Gasteiger partial charge in [0.1, 0.15) is 11.2 Å². The number of ketones is 1. The Kier molecular flexibility index (Phi) is 6.21. The first-order chi connectivity index (χ1) is 6.92. The van der Waals surface area contributed by atoms with Crippen molar-refractivity contribution in [3.8, 4) is 0 Å². The van der Waals surface area contributed by atoms with Crippen LogP contribution < -0.4 is 0 Å². The number of hydrogen-bond donors (Lipinski definition) is 1. The van der Waals surface area contributed by atoms with Crippen LogP contribution in [0, 0.1) is 5.41 Å². The van der Waals surface area contributed by atoms with Crippen LogP contribution in [0.3, 0.4) is 0 Å². The van der Waals surface area contributed by atoms with Crippen molar-refractivity contribution in [3.05, 3.63) is 0 Å². The van der Waals surface area contributed by atoms with Crippen molar-refractivity contribution in [2.45, 2.75) is 59.3 Å². The smallest absolute Gasteiger partial charge is 0.316 e. The summed E-state index contributed by atoms with van der Waals surface area (Å²) in [5, 5.41) is 8.83. The first-order valence-electron chi connectivity index (χ1n) is 5.69. The second-order valence-electron chi connectivity index (χ2n) is 4.52. The molecular formula is C12H22O3. The van der Waals surface area contributed by atoms with Gasteiger partial charge >= 0.3 is 5.97 Å². The minimum Gasteiger partial charge on any atom is -0.481 e. The van der Waals surface area contributed by atoms with Crippen molar-refractivity contribution >= 4 is 11.8 Å². The minimum atomic E-state index is -1.22. The van der Waals surface area contributed by atoms with E-state index < -0.39 is 11.4 Å². The molecule has 0 amide bonds. The molecule has 0 aliphatic heterocycles. The lowest BCUT2D eigenvalue weighted by Gasteiger charge is -2.17. The van der Waals surface area contributed by atoms with E-state index in [0.29, 0.717) is 6.42 Å². The van der Waals surface area contributed by atoms with Crippen molar-refractivity contribution < 1.29 is 14.7 Å². The van der Waals surface area contributed by atoms with Crippen LogP contribution in [0.4, 0.5) is 0 Å². The van der Waals surface area contributed by atoms with E-state index in [2.05, 4.69) is 6.92 Å². The quantitative estimate of drug-likeness (QED) is 0.499. The third kappa shape index (κ3) is 4.96. The Labute approximate surface area is 91.9 Å². The van der Waals surface area contributed by atoms with Crippen LogP contribution in [0.1, 0.15) is 59.3 Å². The van der Waals surface area contributed by atoms with Gasteiger partial charge in [0.2, 0.25) is 0 Å². The molecule has 0 saturated heterocycles. The number of rotatable bonds is 8. The van der Waals surface area contributed by atoms with Crippen LogP contribution >= 0.6 is 0 Å². The highest BCUT2D eigenvalue weighted by atomic mass is 16.4. The van der Waals surface area contributed by atoms with Gasteiger partial charge in [-0.2, -0.15) is 0 Å². The lowest BCUT2D eigenvalue weighted by molar-refractivity contribution is -0.152. The van der Waals surface area contributed by atoms with Gasteiger partial charge in [-0.05, 0) is 20.3 Å². The van der Waals surface area contributed by atoms with Crippen molar-refractivity contribution in [1.29, 1.82) is 0 Å². The van der Waals surface area contributed by atoms with Gasteiger partial charge in [0.15, 0.2) is 0 Å². The largest absolute Gasteiger partial charge is 0.481 e. The number of carbonyl (C=O) groups excluding carboxylic acids is 1. The maximum absolute atomic E-state index is 11.6. The number of carboxylic acids is 1. The molecule has 0 aliphatic rings. The molecule has 0 rings (SSSR count). The van der Waals surface area contributed by atoms with E-state index in [1.165, 1.54) is 26.7 Å². The van der Waals surface area contributed by atoms with Crippen LogP contribution in [0.2, 0.25) is 0 Å². The Bertz CT molecular complexity index is 219. The summed E-state index contributed by atoms with van der Waals surface area (Å²) in [5.74, 6) is -1.19.